The van der Waals surface area contributed by atoms with Gasteiger partial charge in [0, 0.05) is 0 Å². The van der Waals surface area contributed by atoms with E-state index in [0.29, 0.717) is 0 Å². The van der Waals surface area contributed by atoms with Crippen molar-refractivity contribution in [1.29, 1.82) is 0 Å². The van der Waals surface area contributed by atoms with Crippen LogP contribution in [0, 0.1) is 0 Å². The Morgan fingerprint density at radius 1 is 0.214 bits per heavy atom. The number of unbranched alkanes of at least 4 members (excludes halogenated alkanes) is 2. The molecule has 0 saturated carbocycles. The Morgan fingerprint density at radius 2 is 0.337 bits per heavy atom. The van der Waals surface area contributed by atoms with Crippen molar-refractivity contribution in [3.8, 4) is 0 Å². The van der Waals surface area contributed by atoms with Crippen LogP contribution in [0.4, 0.5) is 0 Å². The molecule has 18 rings (SSSR count). The zero-order valence-electron chi connectivity index (χ0n) is 66.6. The molecule has 0 amide bonds. The van der Waals surface area contributed by atoms with Gasteiger partial charge < -0.3 is 0 Å². The average Bonchev–Trinajstić information content (AvgIpc) is 0.628. The second-order valence-electron chi connectivity index (χ2n) is 43.1. The van der Waals surface area contributed by atoms with Crippen LogP contribution in [0.15, 0.2) is 72.8 Å². The first kappa shape index (κ1) is 68.1. The summed E-state index contributed by atoms with van der Waals surface area (Å²) in [5, 5.41) is 0. The summed E-state index contributed by atoms with van der Waals surface area (Å²) >= 11 is -4.59. The van der Waals surface area contributed by atoms with E-state index in [1.807, 2.05) is 0 Å². The standard InChI is InChI=1S/C96H126GeO/c1-27-29-31-93-69-45-57-63(87(15,16)39-33-81(57,3)4)51-75(69)95(76-52-64-58(46-70(76)93)82(5,6)34-40-88(64,17)18,77-53-65-59(47-71(77)93)83(7,8)35-41-89(65,19)20)97(98)96-78-54-66-60(84(9,10)36-42-90(66,21)22)48-72(78)94(32-30-28-2,73-49-61-67(55-79(73)96)91(23,24)43-37-85(61,11)12)74-50-62-68(56-80(74)96)92(25,26)44-38-86(62,13)14/h45-56H,27-44H2,1-26H3. The number of hydrogen-bond donors (Lipinski definition) is 0. The summed E-state index contributed by atoms with van der Waals surface area (Å²) in [5.41, 5.74) is 34.2. The van der Waals surface area contributed by atoms with E-state index in [0.717, 1.165) is 116 Å². The monoisotopic (exact) mass is 1370 g/mol. The third kappa shape index (κ3) is 8.39. The maximum absolute atomic E-state index is 21.5. The zero-order chi connectivity index (χ0) is 70.6. The fraction of sp³-hybridized carbons (Fsp3) is 0.625. The van der Waals surface area contributed by atoms with Crippen LogP contribution in [-0.2, 0) is 88.1 Å². The van der Waals surface area contributed by atoms with E-state index < -0.39 is 33.6 Å². The maximum atomic E-state index is 21.5. The SMILES string of the molecule is CCCCC12c3cc4c(cc3[C]([Ge](=[O])[C]35c6cc7c(cc6C(CCCC)(c6cc8c(cc63)C(C)(C)CCC8(C)C)c3cc6c(cc35)C(C)(C)CCC6(C)C)C(C)(C)CCC7(C)C)(c3cc5c(cc31)C(C)(C)CCC5(C)C)c1cc3c(cc12)C(C)(C)CCC3(C)C)C(C)(C)CCC4(C)C. The normalized spacial score (nSPS) is 29.7. The Kier molecular flexibility index (Phi) is 14.0. The van der Waals surface area contributed by atoms with Gasteiger partial charge in [-0.15, -0.1) is 0 Å². The second-order valence-corrected chi connectivity index (χ2v) is 47.6. The minimum absolute atomic E-state index is 0.0370. The molecule has 12 aliphatic carbocycles. The molecule has 0 atom stereocenters. The van der Waals surface area contributed by atoms with Gasteiger partial charge >= 0.3 is 604 Å². The van der Waals surface area contributed by atoms with Crippen molar-refractivity contribution in [3.63, 3.8) is 0 Å². The van der Waals surface area contributed by atoms with Crippen LogP contribution in [0.1, 0.15) is 429 Å². The Hall–Kier alpha value is -4.34. The molecule has 0 heterocycles. The molecule has 2 heteroatoms. The molecule has 0 radical (unpaired) electrons. The van der Waals surface area contributed by atoms with Crippen LogP contribution in [0.5, 0.6) is 0 Å². The summed E-state index contributed by atoms with van der Waals surface area (Å²) in [7, 11) is 0. The van der Waals surface area contributed by atoms with Crippen LogP contribution < -0.4 is 0 Å². The van der Waals surface area contributed by atoms with Gasteiger partial charge in [-0.1, -0.05) is 0 Å². The summed E-state index contributed by atoms with van der Waals surface area (Å²) in [4.78, 5) is 0. The second kappa shape index (κ2) is 20.1. The fourth-order valence-electron chi connectivity index (χ4n) is 24.1. The molecule has 0 unspecified atom stereocenters. The molecular weight excluding hydrogens is 1240 g/mol. The van der Waals surface area contributed by atoms with Gasteiger partial charge in [0.25, 0.3) is 0 Å². The van der Waals surface area contributed by atoms with E-state index >= 15 is 3.78 Å². The van der Waals surface area contributed by atoms with Crippen LogP contribution in [0.25, 0.3) is 0 Å². The van der Waals surface area contributed by atoms with Gasteiger partial charge in [-0.05, 0) is 0 Å². The number of benzene rings is 6. The van der Waals surface area contributed by atoms with Crippen molar-refractivity contribution in [2.24, 2.45) is 0 Å². The van der Waals surface area contributed by atoms with Gasteiger partial charge in [-0.2, -0.15) is 0 Å². The Labute approximate surface area is 600 Å². The van der Waals surface area contributed by atoms with Crippen LogP contribution in [0.3, 0.4) is 0 Å². The predicted octanol–water partition coefficient (Wildman–Crippen LogP) is 25.0. The zero-order valence-corrected chi connectivity index (χ0v) is 68.7. The molecule has 4 bridgehead atoms. The first-order valence-electron chi connectivity index (χ1n) is 40.0. The number of rotatable bonds is 8. The Morgan fingerprint density at radius 3 is 0.459 bits per heavy atom. The first-order valence-corrected chi connectivity index (χ1v) is 43.0. The topological polar surface area (TPSA) is 17.1 Å². The molecule has 520 valence electrons. The van der Waals surface area contributed by atoms with E-state index in [9.17, 15) is 0 Å². The van der Waals surface area contributed by atoms with Crippen molar-refractivity contribution in [2.45, 2.75) is 380 Å². The number of fused-ring (bicyclic) bond motifs is 6. The molecule has 0 aliphatic heterocycles. The summed E-state index contributed by atoms with van der Waals surface area (Å²) in [5.74, 6) is 0. The summed E-state index contributed by atoms with van der Waals surface area (Å²) in [6, 6.07) is 34.5. The molecule has 6 aromatic rings. The van der Waals surface area contributed by atoms with E-state index in [2.05, 4.69) is 253 Å². The molecule has 0 N–H and O–H groups in total. The van der Waals surface area contributed by atoms with E-state index in [1.54, 1.807) is 33.4 Å². The van der Waals surface area contributed by atoms with E-state index in [-0.39, 0.29) is 65.0 Å². The molecule has 98 heavy (non-hydrogen) atoms. The Bertz CT molecular complexity index is 3800. The summed E-state index contributed by atoms with van der Waals surface area (Å²) in [6.45, 7) is 66.8. The molecule has 0 spiro atoms. The quantitative estimate of drug-likeness (QED) is 0.139. The van der Waals surface area contributed by atoms with Gasteiger partial charge in [0.05, 0.1) is 0 Å². The third-order valence-electron chi connectivity index (χ3n) is 31.6. The van der Waals surface area contributed by atoms with Gasteiger partial charge in [-0.3, -0.25) is 0 Å². The van der Waals surface area contributed by atoms with Crippen LogP contribution >= 0.6 is 0 Å². The van der Waals surface area contributed by atoms with Gasteiger partial charge in [-0.25, -0.2) is 0 Å². The molecule has 0 fully saturated rings. The molecule has 0 aromatic heterocycles. The molecule has 6 aromatic carbocycles. The average molecular weight is 1370 g/mol. The van der Waals surface area contributed by atoms with Gasteiger partial charge in [0.1, 0.15) is 0 Å². The van der Waals surface area contributed by atoms with Crippen LogP contribution in [-0.4, -0.2) is 14.3 Å². The first-order chi connectivity index (χ1) is 45.2. The molecular formula is C96H126GeO. The van der Waals surface area contributed by atoms with E-state index in [1.165, 1.54) is 100 Å². The summed E-state index contributed by atoms with van der Waals surface area (Å²) < 4.78 is 19.5. The van der Waals surface area contributed by atoms with Crippen molar-refractivity contribution in [3.05, 3.63) is 206 Å². The third-order valence-corrected chi connectivity index (χ3v) is 37.9. The van der Waals surface area contributed by atoms with Crippen molar-refractivity contribution in [1.82, 2.24) is 0 Å². The summed E-state index contributed by atoms with van der Waals surface area (Å²) in [6.07, 6.45) is 20.2. The van der Waals surface area contributed by atoms with Gasteiger partial charge in [0.2, 0.25) is 0 Å². The van der Waals surface area contributed by atoms with E-state index in [4.69, 9.17) is 0 Å². The fourth-order valence-corrected chi connectivity index (χ4v) is 31.0. The predicted molar refractivity (Wildman–Crippen MR) is 415 cm³/mol. The van der Waals surface area contributed by atoms with Crippen LogP contribution in [0.2, 0.25) is 0 Å². The molecule has 0 saturated heterocycles. The number of hydrogen-bond acceptors (Lipinski definition) is 1. The van der Waals surface area contributed by atoms with Crippen molar-refractivity contribution < 1.29 is 3.78 Å². The molecule has 12 aliphatic rings. The van der Waals surface area contributed by atoms with Crippen molar-refractivity contribution in [2.75, 3.05) is 0 Å². The molecule has 1 nitrogen and oxygen atoms in total. The Balaban J connectivity index is 1.21. The van der Waals surface area contributed by atoms with Gasteiger partial charge in [0.15, 0.2) is 0 Å². The van der Waals surface area contributed by atoms with Crippen molar-refractivity contribution >= 4 is 14.3 Å². The minimum atomic E-state index is -4.59.